The molecule has 0 saturated heterocycles. The first kappa shape index (κ1) is 20.5. The van der Waals surface area contributed by atoms with Gasteiger partial charge in [0.1, 0.15) is 6.04 Å². The number of halogens is 1. The van der Waals surface area contributed by atoms with Gasteiger partial charge in [-0.2, -0.15) is 0 Å². The highest BCUT2D eigenvalue weighted by atomic mass is 35.5. The quantitative estimate of drug-likeness (QED) is 0.642. The van der Waals surface area contributed by atoms with Crippen LogP contribution in [0.1, 0.15) is 58.4 Å². The molecule has 0 radical (unpaired) electrons. The Morgan fingerprint density at radius 2 is 1.79 bits per heavy atom. The third kappa shape index (κ3) is 6.52. The molecular formula is C19H29ClN2O2. The van der Waals surface area contributed by atoms with E-state index in [0.717, 1.165) is 24.8 Å². The topological polar surface area (TPSA) is 49.4 Å². The maximum Gasteiger partial charge on any atom is 0.242 e. The van der Waals surface area contributed by atoms with Crippen LogP contribution in [0, 0.1) is 0 Å². The molecule has 0 heterocycles. The van der Waals surface area contributed by atoms with Crippen molar-refractivity contribution in [3.63, 3.8) is 0 Å². The van der Waals surface area contributed by atoms with Crippen LogP contribution in [-0.4, -0.2) is 29.3 Å². The summed E-state index contributed by atoms with van der Waals surface area (Å²) in [5.41, 5.74) is 0.976. The molecule has 1 aromatic carbocycles. The molecule has 0 aromatic heterocycles. The van der Waals surface area contributed by atoms with Crippen molar-refractivity contribution in [3.05, 3.63) is 34.9 Å². The lowest BCUT2D eigenvalue weighted by Crippen LogP contribution is -2.49. The van der Waals surface area contributed by atoms with E-state index in [1.807, 2.05) is 38.1 Å². The third-order valence-electron chi connectivity index (χ3n) is 3.95. The maximum absolute atomic E-state index is 12.6. The zero-order valence-electron chi connectivity index (χ0n) is 15.0. The van der Waals surface area contributed by atoms with Crippen LogP contribution in [0.3, 0.4) is 0 Å². The van der Waals surface area contributed by atoms with Crippen molar-refractivity contribution in [2.45, 2.75) is 65.5 Å². The minimum absolute atomic E-state index is 0.0185. The van der Waals surface area contributed by atoms with Crippen molar-refractivity contribution in [3.8, 4) is 0 Å². The van der Waals surface area contributed by atoms with Crippen LogP contribution in [-0.2, 0) is 16.1 Å². The van der Waals surface area contributed by atoms with E-state index in [-0.39, 0.29) is 11.8 Å². The van der Waals surface area contributed by atoms with Gasteiger partial charge in [0.15, 0.2) is 0 Å². The molecule has 134 valence electrons. The summed E-state index contributed by atoms with van der Waals surface area (Å²) in [7, 11) is 0. The number of carbonyl (C=O) groups is 2. The van der Waals surface area contributed by atoms with Crippen molar-refractivity contribution in [2.24, 2.45) is 0 Å². The van der Waals surface area contributed by atoms with E-state index in [4.69, 9.17) is 11.6 Å². The van der Waals surface area contributed by atoms with Gasteiger partial charge in [-0.25, -0.2) is 0 Å². The Kier molecular flexibility index (Phi) is 9.46. The SMILES string of the molecule is CCCCNC(=O)C(CC)N(Cc1ccc(Cl)cc1)C(=O)CCC. The molecule has 0 fully saturated rings. The summed E-state index contributed by atoms with van der Waals surface area (Å²) < 4.78 is 0. The highest BCUT2D eigenvalue weighted by Crippen LogP contribution is 2.16. The van der Waals surface area contributed by atoms with E-state index >= 15 is 0 Å². The number of nitrogens with zero attached hydrogens (tertiary/aromatic N) is 1. The Labute approximate surface area is 150 Å². The molecule has 24 heavy (non-hydrogen) atoms. The average Bonchev–Trinajstić information content (AvgIpc) is 2.57. The van der Waals surface area contributed by atoms with Gasteiger partial charge in [-0.05, 0) is 37.0 Å². The van der Waals surface area contributed by atoms with E-state index in [2.05, 4.69) is 12.2 Å². The fourth-order valence-electron chi connectivity index (χ4n) is 2.57. The third-order valence-corrected chi connectivity index (χ3v) is 4.20. The van der Waals surface area contributed by atoms with Gasteiger partial charge < -0.3 is 10.2 Å². The number of benzene rings is 1. The molecule has 1 atom stereocenters. The van der Waals surface area contributed by atoms with E-state index in [1.54, 1.807) is 4.90 Å². The first-order valence-corrected chi connectivity index (χ1v) is 9.22. The average molecular weight is 353 g/mol. The van der Waals surface area contributed by atoms with E-state index < -0.39 is 6.04 Å². The molecule has 0 saturated carbocycles. The second-order valence-electron chi connectivity index (χ2n) is 5.97. The smallest absolute Gasteiger partial charge is 0.242 e. The molecule has 0 aliphatic rings. The molecule has 5 heteroatoms. The number of carbonyl (C=O) groups excluding carboxylic acids is 2. The van der Waals surface area contributed by atoms with Gasteiger partial charge in [-0.1, -0.05) is 50.9 Å². The summed E-state index contributed by atoms with van der Waals surface area (Å²) in [5.74, 6) is -0.0469. The molecular weight excluding hydrogens is 324 g/mol. The molecule has 1 N–H and O–H groups in total. The predicted molar refractivity (Wildman–Crippen MR) is 98.9 cm³/mol. The Hall–Kier alpha value is -1.55. The van der Waals surface area contributed by atoms with Crippen LogP contribution < -0.4 is 5.32 Å². The van der Waals surface area contributed by atoms with Crippen molar-refractivity contribution in [1.29, 1.82) is 0 Å². The highest BCUT2D eigenvalue weighted by molar-refractivity contribution is 6.30. The number of nitrogens with one attached hydrogen (secondary N) is 1. The lowest BCUT2D eigenvalue weighted by atomic mass is 10.1. The van der Waals surface area contributed by atoms with Crippen LogP contribution in [0.25, 0.3) is 0 Å². The number of hydrogen-bond acceptors (Lipinski definition) is 2. The van der Waals surface area contributed by atoms with Gasteiger partial charge in [0.2, 0.25) is 11.8 Å². The van der Waals surface area contributed by atoms with Gasteiger partial charge in [-0.3, -0.25) is 9.59 Å². The molecule has 0 aliphatic carbocycles. The number of amides is 2. The molecule has 1 rings (SSSR count). The normalized spacial score (nSPS) is 11.8. The number of rotatable bonds is 10. The van der Waals surface area contributed by atoms with Crippen molar-refractivity contribution in [2.75, 3.05) is 6.54 Å². The van der Waals surface area contributed by atoms with Crippen LogP contribution in [0.2, 0.25) is 5.02 Å². The Morgan fingerprint density at radius 1 is 1.12 bits per heavy atom. The lowest BCUT2D eigenvalue weighted by molar-refractivity contribution is -0.141. The molecule has 2 amide bonds. The van der Waals surface area contributed by atoms with E-state index in [1.165, 1.54) is 0 Å². The van der Waals surface area contributed by atoms with Gasteiger partial charge in [0.05, 0.1) is 0 Å². The van der Waals surface area contributed by atoms with Crippen LogP contribution in [0.5, 0.6) is 0 Å². The molecule has 1 aromatic rings. The summed E-state index contributed by atoms with van der Waals surface area (Å²) in [6.45, 7) is 7.08. The highest BCUT2D eigenvalue weighted by Gasteiger charge is 2.27. The van der Waals surface area contributed by atoms with Crippen molar-refractivity contribution in [1.82, 2.24) is 10.2 Å². The van der Waals surface area contributed by atoms with Gasteiger partial charge >= 0.3 is 0 Å². The summed E-state index contributed by atoms with van der Waals surface area (Å²) in [6, 6.07) is 6.98. The van der Waals surface area contributed by atoms with E-state index in [0.29, 0.717) is 31.0 Å². The minimum atomic E-state index is -0.434. The number of unbranched alkanes of at least 4 members (excludes halogenated alkanes) is 1. The molecule has 4 nitrogen and oxygen atoms in total. The predicted octanol–water partition coefficient (Wildman–Crippen LogP) is 4.16. The zero-order chi connectivity index (χ0) is 17.9. The maximum atomic E-state index is 12.6. The fourth-order valence-corrected chi connectivity index (χ4v) is 2.70. The minimum Gasteiger partial charge on any atom is -0.354 e. The first-order valence-electron chi connectivity index (χ1n) is 8.85. The first-order chi connectivity index (χ1) is 11.5. The van der Waals surface area contributed by atoms with Crippen molar-refractivity contribution >= 4 is 23.4 Å². The Bertz CT molecular complexity index is 517. The summed E-state index contributed by atoms with van der Waals surface area (Å²) >= 11 is 5.93. The van der Waals surface area contributed by atoms with Crippen LogP contribution in [0.15, 0.2) is 24.3 Å². The van der Waals surface area contributed by atoms with Crippen LogP contribution in [0.4, 0.5) is 0 Å². The molecule has 0 spiro atoms. The molecule has 1 unspecified atom stereocenters. The van der Waals surface area contributed by atoms with Crippen LogP contribution >= 0.6 is 11.6 Å². The zero-order valence-corrected chi connectivity index (χ0v) is 15.7. The largest absolute Gasteiger partial charge is 0.354 e. The summed E-state index contributed by atoms with van der Waals surface area (Å²) in [4.78, 5) is 26.8. The van der Waals surface area contributed by atoms with Gasteiger partial charge in [-0.15, -0.1) is 0 Å². The lowest BCUT2D eigenvalue weighted by Gasteiger charge is -2.30. The Balaban J connectivity index is 2.90. The molecule has 0 bridgehead atoms. The molecule has 0 aliphatic heterocycles. The number of hydrogen-bond donors (Lipinski definition) is 1. The second-order valence-corrected chi connectivity index (χ2v) is 6.40. The monoisotopic (exact) mass is 352 g/mol. The van der Waals surface area contributed by atoms with E-state index in [9.17, 15) is 9.59 Å². The second kappa shape index (κ2) is 11.1. The van der Waals surface area contributed by atoms with Crippen molar-refractivity contribution < 1.29 is 9.59 Å². The van der Waals surface area contributed by atoms with Gasteiger partial charge in [0.25, 0.3) is 0 Å². The Morgan fingerprint density at radius 3 is 2.33 bits per heavy atom. The fraction of sp³-hybridized carbons (Fsp3) is 0.579. The standard InChI is InChI=1S/C19H29ClN2O2/c1-4-7-13-21-19(24)17(6-3)22(18(23)8-5-2)14-15-9-11-16(20)12-10-15/h9-12,17H,4-8,13-14H2,1-3H3,(H,21,24). The summed E-state index contributed by atoms with van der Waals surface area (Å²) in [6.07, 6.45) is 3.79. The summed E-state index contributed by atoms with van der Waals surface area (Å²) in [5, 5.41) is 3.61. The van der Waals surface area contributed by atoms with Gasteiger partial charge in [0, 0.05) is 24.5 Å².